The van der Waals surface area contributed by atoms with Crippen molar-refractivity contribution in [2.24, 2.45) is 4.99 Å². The van der Waals surface area contributed by atoms with Crippen molar-refractivity contribution in [3.8, 4) is 11.5 Å². The maximum Gasteiger partial charge on any atom is 0.409 e. The second kappa shape index (κ2) is 10.9. The highest BCUT2D eigenvalue weighted by Gasteiger charge is 2.25. The first-order chi connectivity index (χ1) is 14.3. The van der Waals surface area contributed by atoms with Crippen molar-refractivity contribution >= 4 is 12.1 Å². The Morgan fingerprint density at radius 3 is 2.40 bits per heavy atom. The van der Waals surface area contributed by atoms with Gasteiger partial charge in [-0.1, -0.05) is 19.9 Å². The number of carbonyl (C=O) groups excluding carboxylic acids is 1. The Morgan fingerprint density at radius 2 is 1.83 bits per heavy atom. The second-order valence-electron chi connectivity index (χ2n) is 8.02. The van der Waals surface area contributed by atoms with Crippen LogP contribution in [0.4, 0.5) is 4.79 Å². The number of carbonyl (C=O) groups is 1. The highest BCUT2D eigenvalue weighted by Crippen LogP contribution is 2.33. The predicted molar refractivity (Wildman–Crippen MR) is 119 cm³/mol. The van der Waals surface area contributed by atoms with Crippen LogP contribution in [0.1, 0.15) is 39.2 Å². The Balaban J connectivity index is 2.04. The van der Waals surface area contributed by atoms with Gasteiger partial charge >= 0.3 is 6.09 Å². The minimum atomic E-state index is -0.259. The van der Waals surface area contributed by atoms with Gasteiger partial charge in [0.2, 0.25) is 0 Å². The highest BCUT2D eigenvalue weighted by atomic mass is 16.5. The molecule has 8 nitrogen and oxygen atoms in total. The van der Waals surface area contributed by atoms with E-state index >= 15 is 0 Å². The molecule has 168 valence electrons. The highest BCUT2D eigenvalue weighted by molar-refractivity contribution is 5.80. The van der Waals surface area contributed by atoms with Crippen LogP contribution >= 0.6 is 0 Å². The molecule has 0 bridgehead atoms. The first-order valence-electron chi connectivity index (χ1n) is 10.4. The molecule has 0 atom stereocenters. The van der Waals surface area contributed by atoms with Gasteiger partial charge in [0.15, 0.2) is 17.5 Å². The van der Waals surface area contributed by atoms with E-state index in [4.69, 9.17) is 19.2 Å². The van der Waals surface area contributed by atoms with Gasteiger partial charge in [-0.3, -0.25) is 4.99 Å². The number of amides is 1. The van der Waals surface area contributed by atoms with Gasteiger partial charge in [-0.2, -0.15) is 0 Å². The third-order valence-electron chi connectivity index (χ3n) is 5.41. The fraction of sp³-hybridized carbons (Fsp3) is 0.636. The van der Waals surface area contributed by atoms with Gasteiger partial charge in [0, 0.05) is 31.1 Å². The molecule has 1 aliphatic heterocycles. The first-order valence-corrected chi connectivity index (χ1v) is 10.4. The number of ether oxygens (including phenoxy) is 3. The minimum absolute atomic E-state index is 0.184. The van der Waals surface area contributed by atoms with E-state index in [9.17, 15) is 4.79 Å². The average molecular weight is 421 g/mol. The van der Waals surface area contributed by atoms with Crippen LogP contribution in [0.2, 0.25) is 0 Å². The predicted octanol–water partition coefficient (Wildman–Crippen LogP) is 2.77. The zero-order chi connectivity index (χ0) is 22.1. The van der Waals surface area contributed by atoms with Crippen molar-refractivity contribution in [3.05, 3.63) is 23.8 Å². The number of methoxy groups -OCH3 is 3. The summed E-state index contributed by atoms with van der Waals surface area (Å²) < 4.78 is 15.6. The lowest BCUT2D eigenvalue weighted by atomic mass is 9.84. The normalized spacial score (nSPS) is 15.5. The molecular formula is C22H36N4O4. The van der Waals surface area contributed by atoms with E-state index in [1.165, 1.54) is 7.11 Å². The summed E-state index contributed by atoms with van der Waals surface area (Å²) in [5.41, 5.74) is 0.946. The average Bonchev–Trinajstić information content (AvgIpc) is 2.77. The number of nitrogens with one attached hydrogen (secondary N) is 2. The lowest BCUT2D eigenvalue weighted by Crippen LogP contribution is -2.50. The SMILES string of the molecule is CCNC(=NCC(C)(C)c1ccc(OC)c(OC)c1)NC1CCN(C(=O)OC)CC1. The number of guanidine groups is 1. The first kappa shape index (κ1) is 23.6. The van der Waals surface area contributed by atoms with Gasteiger partial charge in [-0.05, 0) is 37.5 Å². The molecule has 0 spiro atoms. The van der Waals surface area contributed by atoms with Gasteiger partial charge in [-0.15, -0.1) is 0 Å². The summed E-state index contributed by atoms with van der Waals surface area (Å²) >= 11 is 0. The zero-order valence-corrected chi connectivity index (χ0v) is 19.1. The van der Waals surface area contributed by atoms with Gasteiger partial charge < -0.3 is 29.7 Å². The van der Waals surface area contributed by atoms with Crippen LogP contribution in [0.25, 0.3) is 0 Å². The molecule has 2 N–H and O–H groups in total. The zero-order valence-electron chi connectivity index (χ0n) is 19.1. The lowest BCUT2D eigenvalue weighted by Gasteiger charge is -2.32. The number of likely N-dealkylation sites (tertiary alicyclic amines) is 1. The van der Waals surface area contributed by atoms with Crippen LogP contribution in [-0.4, -0.2) is 70.5 Å². The van der Waals surface area contributed by atoms with E-state index < -0.39 is 0 Å². The maximum atomic E-state index is 11.7. The van der Waals surface area contributed by atoms with Crippen LogP contribution in [0.3, 0.4) is 0 Å². The molecule has 1 heterocycles. The van der Waals surface area contributed by atoms with Crippen LogP contribution in [0, 0.1) is 0 Å². The monoisotopic (exact) mass is 420 g/mol. The molecule has 1 saturated heterocycles. The van der Waals surface area contributed by atoms with E-state index in [1.54, 1.807) is 19.1 Å². The number of aliphatic imine (C=N–C) groups is 1. The fourth-order valence-corrected chi connectivity index (χ4v) is 3.47. The van der Waals surface area contributed by atoms with Gasteiger partial charge in [0.05, 0.1) is 27.9 Å². The number of rotatable bonds is 7. The van der Waals surface area contributed by atoms with Crippen LogP contribution in [-0.2, 0) is 10.2 Å². The molecule has 2 rings (SSSR count). The molecule has 1 aliphatic rings. The van der Waals surface area contributed by atoms with E-state index in [0.29, 0.717) is 25.4 Å². The van der Waals surface area contributed by atoms with Crippen molar-refractivity contribution in [2.45, 2.75) is 45.1 Å². The summed E-state index contributed by atoms with van der Waals surface area (Å²) in [5, 5.41) is 6.84. The van der Waals surface area contributed by atoms with Crippen molar-refractivity contribution in [1.82, 2.24) is 15.5 Å². The summed E-state index contributed by atoms with van der Waals surface area (Å²) in [7, 11) is 4.70. The lowest BCUT2D eigenvalue weighted by molar-refractivity contribution is 0.111. The Bertz CT molecular complexity index is 728. The smallest absolute Gasteiger partial charge is 0.409 e. The quantitative estimate of drug-likeness (QED) is 0.521. The number of hydrogen-bond donors (Lipinski definition) is 2. The van der Waals surface area contributed by atoms with Gasteiger partial charge in [0.1, 0.15) is 0 Å². The van der Waals surface area contributed by atoms with Crippen molar-refractivity contribution in [3.63, 3.8) is 0 Å². The molecule has 0 aromatic heterocycles. The Hall–Kier alpha value is -2.64. The number of nitrogens with zero attached hydrogens (tertiary/aromatic N) is 2. The molecule has 30 heavy (non-hydrogen) atoms. The van der Waals surface area contributed by atoms with E-state index in [1.807, 2.05) is 12.1 Å². The van der Waals surface area contributed by atoms with Crippen molar-refractivity contribution < 1.29 is 19.0 Å². The summed E-state index contributed by atoms with van der Waals surface area (Å²) in [6, 6.07) is 6.27. The molecule has 8 heteroatoms. The number of benzene rings is 1. The van der Waals surface area contributed by atoms with Crippen LogP contribution < -0.4 is 20.1 Å². The van der Waals surface area contributed by atoms with Gasteiger partial charge in [0.25, 0.3) is 0 Å². The van der Waals surface area contributed by atoms with E-state index in [-0.39, 0.29) is 17.6 Å². The third kappa shape index (κ3) is 6.18. The Kier molecular flexibility index (Phi) is 8.62. The third-order valence-corrected chi connectivity index (χ3v) is 5.41. The van der Waals surface area contributed by atoms with Crippen molar-refractivity contribution in [1.29, 1.82) is 0 Å². The largest absolute Gasteiger partial charge is 0.493 e. The molecule has 0 aliphatic carbocycles. The Labute approximate surface area is 180 Å². The Morgan fingerprint density at radius 1 is 1.17 bits per heavy atom. The van der Waals surface area contributed by atoms with Crippen molar-refractivity contribution in [2.75, 3.05) is 47.5 Å². The summed E-state index contributed by atoms with van der Waals surface area (Å²) in [6.07, 6.45) is 1.46. The number of piperidine rings is 1. The second-order valence-corrected chi connectivity index (χ2v) is 8.02. The molecule has 0 radical (unpaired) electrons. The van der Waals surface area contributed by atoms with Gasteiger partial charge in [-0.25, -0.2) is 4.79 Å². The molecule has 1 fully saturated rings. The maximum absolute atomic E-state index is 11.7. The molecule has 0 saturated carbocycles. The molecule has 1 amide bonds. The number of hydrogen-bond acceptors (Lipinski definition) is 5. The van der Waals surface area contributed by atoms with Crippen LogP contribution in [0.15, 0.2) is 23.2 Å². The summed E-state index contributed by atoms with van der Waals surface area (Å²) in [6.45, 7) is 9.13. The molecule has 1 aromatic rings. The van der Waals surface area contributed by atoms with E-state index in [2.05, 4.69) is 37.5 Å². The van der Waals surface area contributed by atoms with Crippen LogP contribution in [0.5, 0.6) is 11.5 Å². The summed E-state index contributed by atoms with van der Waals surface area (Å²) in [5.74, 6) is 2.23. The van der Waals surface area contributed by atoms with E-state index in [0.717, 1.165) is 36.7 Å². The molecule has 0 unspecified atom stereocenters. The molecular weight excluding hydrogens is 384 g/mol. The minimum Gasteiger partial charge on any atom is -0.493 e. The fourth-order valence-electron chi connectivity index (χ4n) is 3.47. The topological polar surface area (TPSA) is 84.4 Å². The standard InChI is InChI=1S/C22H36N4O4/c1-7-23-20(25-17-10-12-26(13-11-17)21(27)30-6)24-15-22(2,3)16-8-9-18(28-4)19(14-16)29-5/h8-9,14,17H,7,10-13,15H2,1-6H3,(H2,23,24,25). The summed E-state index contributed by atoms with van der Waals surface area (Å²) in [4.78, 5) is 18.2. The molecule has 1 aromatic carbocycles.